The first-order valence-corrected chi connectivity index (χ1v) is 6.56. The average molecular weight is 240 g/mol. The fourth-order valence-corrected chi connectivity index (χ4v) is 1.84. The van der Waals surface area contributed by atoms with E-state index in [1.165, 1.54) is 0 Å². The molecule has 0 amide bonds. The Morgan fingerprint density at radius 2 is 2.38 bits per heavy atom. The topological polar surface area (TPSA) is 85.1 Å². The Labute approximate surface area is 94.7 Å². The molecule has 1 atom stereocenters. The zero-order chi connectivity index (χ0) is 11.4. The molecular formula is C8H12N6OS. The minimum absolute atomic E-state index is 0.601. The number of aromatic nitrogens is 5. The molecule has 1 unspecified atom stereocenters. The first-order chi connectivity index (χ1) is 7.77. The summed E-state index contributed by atoms with van der Waals surface area (Å²) >= 11 is 0. The fourth-order valence-electron chi connectivity index (χ4n) is 1.29. The van der Waals surface area contributed by atoms with Gasteiger partial charge in [-0.05, 0) is 16.8 Å². The van der Waals surface area contributed by atoms with Crippen molar-refractivity contribution in [3.63, 3.8) is 0 Å². The molecule has 0 aromatic carbocycles. The van der Waals surface area contributed by atoms with Gasteiger partial charge in [-0.25, -0.2) is 0 Å². The average Bonchev–Trinajstić information content (AvgIpc) is 2.72. The Kier molecular flexibility index (Phi) is 3.40. The van der Waals surface area contributed by atoms with Crippen LogP contribution in [0.15, 0.2) is 12.4 Å². The third-order valence-corrected chi connectivity index (χ3v) is 2.89. The number of rotatable bonds is 5. The van der Waals surface area contributed by atoms with E-state index < -0.39 is 10.8 Å². The molecule has 86 valence electrons. The Bertz CT molecular complexity index is 498. The molecule has 2 aromatic rings. The third kappa shape index (κ3) is 2.51. The van der Waals surface area contributed by atoms with E-state index in [9.17, 15) is 4.21 Å². The van der Waals surface area contributed by atoms with Crippen molar-refractivity contribution in [1.29, 1.82) is 0 Å². The van der Waals surface area contributed by atoms with E-state index in [1.54, 1.807) is 23.2 Å². The van der Waals surface area contributed by atoms with Crippen LogP contribution >= 0.6 is 0 Å². The van der Waals surface area contributed by atoms with E-state index in [2.05, 4.69) is 25.8 Å². The molecule has 0 spiro atoms. The minimum atomic E-state index is -0.746. The van der Waals surface area contributed by atoms with Crippen LogP contribution in [-0.4, -0.2) is 47.8 Å². The van der Waals surface area contributed by atoms with Crippen molar-refractivity contribution in [2.24, 2.45) is 0 Å². The van der Waals surface area contributed by atoms with Crippen molar-refractivity contribution in [2.45, 2.75) is 6.42 Å². The molecule has 0 saturated carbocycles. The van der Waals surface area contributed by atoms with Gasteiger partial charge in [0.1, 0.15) is 5.82 Å². The summed E-state index contributed by atoms with van der Waals surface area (Å²) in [6.07, 6.45) is 5.78. The first-order valence-electron chi connectivity index (χ1n) is 4.83. The van der Waals surface area contributed by atoms with Gasteiger partial charge in [-0.3, -0.25) is 9.19 Å². The largest absolute Gasteiger partial charge is 0.369 e. The van der Waals surface area contributed by atoms with Gasteiger partial charge in [0, 0.05) is 29.4 Å². The summed E-state index contributed by atoms with van der Waals surface area (Å²) in [6, 6.07) is 0. The standard InChI is InChI=1S/C8H12N6OS/c1-16(15)4-2-3-10-7-5-9-6-8-11-12-13-14(7)8/h5-6,10H,2-4H2,1H3. The van der Waals surface area contributed by atoms with Gasteiger partial charge >= 0.3 is 0 Å². The molecular weight excluding hydrogens is 228 g/mol. The Morgan fingerprint density at radius 1 is 1.50 bits per heavy atom. The third-order valence-electron chi connectivity index (χ3n) is 2.02. The van der Waals surface area contributed by atoms with E-state index >= 15 is 0 Å². The number of fused-ring (bicyclic) bond motifs is 1. The summed E-state index contributed by atoms with van der Waals surface area (Å²) in [4.78, 5) is 4.01. The molecule has 0 aliphatic carbocycles. The molecule has 16 heavy (non-hydrogen) atoms. The summed E-state index contributed by atoms with van der Waals surface area (Å²) in [7, 11) is -0.746. The predicted molar refractivity (Wildman–Crippen MR) is 60.6 cm³/mol. The molecule has 2 rings (SSSR count). The maximum absolute atomic E-state index is 10.9. The smallest absolute Gasteiger partial charge is 0.199 e. The fraction of sp³-hybridized carbons (Fsp3) is 0.500. The molecule has 0 aliphatic heterocycles. The molecule has 0 radical (unpaired) electrons. The Hall–Kier alpha value is -1.57. The van der Waals surface area contributed by atoms with Gasteiger partial charge in [0.2, 0.25) is 0 Å². The summed E-state index contributed by atoms with van der Waals surface area (Å²) < 4.78 is 12.4. The van der Waals surface area contributed by atoms with Gasteiger partial charge < -0.3 is 5.32 Å². The molecule has 0 fully saturated rings. The quantitative estimate of drug-likeness (QED) is 0.722. The maximum atomic E-state index is 10.9. The number of hydrogen-bond acceptors (Lipinski definition) is 6. The molecule has 0 saturated heterocycles. The first kappa shape index (κ1) is 10.9. The van der Waals surface area contributed by atoms with E-state index in [0.717, 1.165) is 18.8 Å². The summed E-state index contributed by atoms with van der Waals surface area (Å²) in [5, 5.41) is 14.3. The second-order valence-corrected chi connectivity index (χ2v) is 4.85. The van der Waals surface area contributed by atoms with Crippen LogP contribution in [0.3, 0.4) is 0 Å². The molecule has 8 heteroatoms. The minimum Gasteiger partial charge on any atom is -0.369 e. The highest BCUT2D eigenvalue weighted by molar-refractivity contribution is 7.84. The van der Waals surface area contributed by atoms with Gasteiger partial charge in [-0.15, -0.1) is 5.10 Å². The van der Waals surface area contributed by atoms with Crippen LogP contribution in [0.25, 0.3) is 5.65 Å². The summed E-state index contributed by atoms with van der Waals surface area (Å²) in [6.45, 7) is 0.722. The Balaban J connectivity index is 1.98. The van der Waals surface area contributed by atoms with Crippen LogP contribution in [0.4, 0.5) is 5.82 Å². The van der Waals surface area contributed by atoms with Crippen molar-refractivity contribution in [3.8, 4) is 0 Å². The van der Waals surface area contributed by atoms with E-state index in [1.807, 2.05) is 0 Å². The van der Waals surface area contributed by atoms with Crippen LogP contribution in [0.5, 0.6) is 0 Å². The molecule has 0 bridgehead atoms. The lowest BCUT2D eigenvalue weighted by Crippen LogP contribution is -2.09. The van der Waals surface area contributed by atoms with Crippen LogP contribution in [-0.2, 0) is 10.8 Å². The number of nitrogens with zero attached hydrogens (tertiary/aromatic N) is 5. The summed E-state index contributed by atoms with van der Waals surface area (Å²) in [5.41, 5.74) is 0.601. The monoisotopic (exact) mass is 240 g/mol. The highest BCUT2D eigenvalue weighted by Crippen LogP contribution is 2.05. The second-order valence-electron chi connectivity index (χ2n) is 3.30. The van der Waals surface area contributed by atoms with Crippen LogP contribution in [0, 0.1) is 0 Å². The van der Waals surface area contributed by atoms with Crippen LogP contribution < -0.4 is 5.32 Å². The zero-order valence-corrected chi connectivity index (χ0v) is 9.65. The number of hydrogen-bond donors (Lipinski definition) is 1. The van der Waals surface area contributed by atoms with E-state index in [0.29, 0.717) is 11.4 Å². The highest BCUT2D eigenvalue weighted by Gasteiger charge is 2.02. The van der Waals surface area contributed by atoms with Gasteiger partial charge in [-0.1, -0.05) is 0 Å². The van der Waals surface area contributed by atoms with Gasteiger partial charge in [0.05, 0.1) is 12.4 Å². The van der Waals surface area contributed by atoms with Gasteiger partial charge in [0.15, 0.2) is 5.65 Å². The highest BCUT2D eigenvalue weighted by atomic mass is 32.2. The lowest BCUT2D eigenvalue weighted by molar-refractivity contribution is 0.685. The summed E-state index contributed by atoms with van der Waals surface area (Å²) in [5.74, 6) is 1.43. The SMILES string of the molecule is CS(=O)CCCNc1cncc2nnnn12. The molecule has 7 nitrogen and oxygen atoms in total. The van der Waals surface area contributed by atoms with Crippen molar-refractivity contribution in [1.82, 2.24) is 25.0 Å². The predicted octanol–water partition coefficient (Wildman–Crippen LogP) is -0.300. The van der Waals surface area contributed by atoms with Gasteiger partial charge in [-0.2, -0.15) is 4.52 Å². The maximum Gasteiger partial charge on any atom is 0.199 e. The molecule has 2 aromatic heterocycles. The molecule has 1 N–H and O–H groups in total. The number of tetrazole rings is 1. The lowest BCUT2D eigenvalue weighted by atomic mass is 10.5. The van der Waals surface area contributed by atoms with E-state index in [-0.39, 0.29) is 0 Å². The number of nitrogens with one attached hydrogen (secondary N) is 1. The molecule has 2 heterocycles. The van der Waals surface area contributed by atoms with Crippen LogP contribution in [0.1, 0.15) is 6.42 Å². The number of anilines is 1. The lowest BCUT2D eigenvalue weighted by Gasteiger charge is -2.05. The van der Waals surface area contributed by atoms with Crippen molar-refractivity contribution < 1.29 is 4.21 Å². The van der Waals surface area contributed by atoms with Gasteiger partial charge in [0.25, 0.3) is 0 Å². The van der Waals surface area contributed by atoms with E-state index in [4.69, 9.17) is 0 Å². The normalized spacial score (nSPS) is 12.8. The Morgan fingerprint density at radius 3 is 3.19 bits per heavy atom. The van der Waals surface area contributed by atoms with Crippen molar-refractivity contribution >= 4 is 22.3 Å². The van der Waals surface area contributed by atoms with Crippen molar-refractivity contribution in [2.75, 3.05) is 23.9 Å². The molecule has 0 aliphatic rings. The zero-order valence-electron chi connectivity index (χ0n) is 8.83. The second kappa shape index (κ2) is 4.97. The van der Waals surface area contributed by atoms with Crippen molar-refractivity contribution in [3.05, 3.63) is 12.4 Å². The van der Waals surface area contributed by atoms with Crippen LogP contribution in [0.2, 0.25) is 0 Å².